The van der Waals surface area contributed by atoms with E-state index in [9.17, 15) is 26.0 Å². The molecule has 0 aliphatic heterocycles. The Hall–Kier alpha value is -2.00. The number of aryl methyl sites for hydroxylation is 1. The monoisotopic (exact) mass is 376 g/mol. The maximum Gasteiger partial charge on any atom is 0.416 e. The third-order valence-electron chi connectivity index (χ3n) is 3.94. The van der Waals surface area contributed by atoms with Crippen molar-refractivity contribution >= 4 is 10.0 Å². The van der Waals surface area contributed by atoms with Crippen LogP contribution in [-0.2, 0) is 16.2 Å². The van der Waals surface area contributed by atoms with Gasteiger partial charge in [0.15, 0.2) is 0 Å². The highest BCUT2D eigenvalue weighted by atomic mass is 32.2. The van der Waals surface area contributed by atoms with Gasteiger partial charge in [0.1, 0.15) is 10.7 Å². The quantitative estimate of drug-likeness (QED) is 0.760. The van der Waals surface area contributed by atoms with E-state index in [4.69, 9.17) is 0 Å². The van der Waals surface area contributed by atoms with Crippen molar-refractivity contribution in [3.8, 4) is 0 Å². The van der Waals surface area contributed by atoms with Crippen LogP contribution < -0.4 is 0 Å². The second kappa shape index (κ2) is 6.72. The fraction of sp³-hybridized carbons (Fsp3) is 0.312. The zero-order valence-corrected chi connectivity index (χ0v) is 14.5. The maximum atomic E-state index is 13.2. The fourth-order valence-corrected chi connectivity index (χ4v) is 3.71. The zero-order chi connectivity index (χ0) is 19.0. The molecule has 1 heterocycles. The lowest BCUT2D eigenvalue weighted by Crippen LogP contribution is -2.30. The molecule has 4 nitrogen and oxygen atoms in total. The van der Waals surface area contributed by atoms with Crippen molar-refractivity contribution in [2.45, 2.75) is 31.0 Å². The number of nitrogens with zero attached hydrogens (tertiary/aromatic N) is 2. The molecule has 0 fully saturated rings. The Bertz CT molecular complexity index is 882. The lowest BCUT2D eigenvalue weighted by atomic mass is 10.0. The molecule has 0 saturated heterocycles. The van der Waals surface area contributed by atoms with Crippen LogP contribution in [0.15, 0.2) is 41.6 Å². The summed E-state index contributed by atoms with van der Waals surface area (Å²) in [4.78, 5) is 3.18. The molecule has 0 unspecified atom stereocenters. The lowest BCUT2D eigenvalue weighted by molar-refractivity contribution is -0.138. The van der Waals surface area contributed by atoms with Crippen LogP contribution in [0.5, 0.6) is 0 Å². The van der Waals surface area contributed by atoms with Crippen molar-refractivity contribution in [1.82, 2.24) is 9.29 Å². The van der Waals surface area contributed by atoms with Crippen LogP contribution in [0.4, 0.5) is 17.6 Å². The number of halogens is 4. The Balaban J connectivity index is 2.37. The highest BCUT2D eigenvalue weighted by Crippen LogP contribution is 2.34. The molecule has 0 spiro atoms. The van der Waals surface area contributed by atoms with E-state index in [-0.39, 0.29) is 10.5 Å². The van der Waals surface area contributed by atoms with Gasteiger partial charge in [0.25, 0.3) is 0 Å². The minimum Gasteiger partial charge on any atom is -0.260 e. The molecule has 2 rings (SSSR count). The largest absolute Gasteiger partial charge is 0.416 e. The van der Waals surface area contributed by atoms with Gasteiger partial charge in [-0.15, -0.1) is 0 Å². The molecule has 0 radical (unpaired) electrons. The Morgan fingerprint density at radius 1 is 1.16 bits per heavy atom. The zero-order valence-electron chi connectivity index (χ0n) is 13.7. The Morgan fingerprint density at radius 3 is 2.32 bits per heavy atom. The van der Waals surface area contributed by atoms with E-state index in [0.717, 1.165) is 28.8 Å². The highest BCUT2D eigenvalue weighted by molar-refractivity contribution is 7.89. The molecule has 9 heteroatoms. The Labute approximate surface area is 143 Å². The predicted octanol–water partition coefficient (Wildman–Crippen LogP) is 3.93. The van der Waals surface area contributed by atoms with Crippen molar-refractivity contribution in [1.29, 1.82) is 0 Å². The van der Waals surface area contributed by atoms with E-state index < -0.39 is 33.6 Å². The van der Waals surface area contributed by atoms with Crippen molar-refractivity contribution in [3.63, 3.8) is 0 Å². The molecule has 25 heavy (non-hydrogen) atoms. The molecule has 136 valence electrons. The summed E-state index contributed by atoms with van der Waals surface area (Å²) in [5, 5.41) is 0. The van der Waals surface area contributed by atoms with Gasteiger partial charge in [-0.25, -0.2) is 12.8 Å². The Morgan fingerprint density at radius 2 is 1.80 bits per heavy atom. The second-order valence-electron chi connectivity index (χ2n) is 5.61. The predicted molar refractivity (Wildman–Crippen MR) is 83.7 cm³/mol. The number of rotatable bonds is 4. The topological polar surface area (TPSA) is 50.3 Å². The van der Waals surface area contributed by atoms with Crippen molar-refractivity contribution in [3.05, 3.63) is 59.2 Å². The molecule has 0 amide bonds. The highest BCUT2D eigenvalue weighted by Gasteiger charge is 2.33. The average Bonchev–Trinajstić information content (AvgIpc) is 2.52. The first-order valence-electron chi connectivity index (χ1n) is 7.21. The SMILES string of the molecule is Cc1cc([C@H](C)N(C)S(=O)(=O)c2cncc(F)c2)ccc1C(F)(F)F. The maximum absolute atomic E-state index is 13.2. The molecular weight excluding hydrogens is 360 g/mol. The van der Waals surface area contributed by atoms with Crippen LogP contribution in [-0.4, -0.2) is 24.8 Å². The summed E-state index contributed by atoms with van der Waals surface area (Å²) >= 11 is 0. The van der Waals surface area contributed by atoms with Gasteiger partial charge in [0.2, 0.25) is 10.0 Å². The molecule has 0 bridgehead atoms. The summed E-state index contributed by atoms with van der Waals surface area (Å²) < 4.78 is 77.8. The number of hydrogen-bond acceptors (Lipinski definition) is 3. The first-order valence-corrected chi connectivity index (χ1v) is 8.65. The summed E-state index contributed by atoms with van der Waals surface area (Å²) in [6, 6.07) is 3.53. The molecule has 1 atom stereocenters. The first kappa shape index (κ1) is 19.3. The molecule has 1 aromatic carbocycles. The van der Waals surface area contributed by atoms with Crippen molar-refractivity contribution < 1.29 is 26.0 Å². The van der Waals surface area contributed by atoms with Crippen molar-refractivity contribution in [2.24, 2.45) is 0 Å². The van der Waals surface area contributed by atoms with Crippen LogP contribution in [0.1, 0.15) is 29.7 Å². The van der Waals surface area contributed by atoms with E-state index in [1.54, 1.807) is 0 Å². The number of pyridine rings is 1. The smallest absolute Gasteiger partial charge is 0.260 e. The van der Waals surface area contributed by atoms with Crippen LogP contribution >= 0.6 is 0 Å². The normalized spacial score (nSPS) is 13.9. The van der Waals surface area contributed by atoms with E-state index in [2.05, 4.69) is 4.98 Å². The summed E-state index contributed by atoms with van der Waals surface area (Å²) in [5.41, 5.74) is -0.390. The third-order valence-corrected chi connectivity index (χ3v) is 5.83. The molecule has 0 N–H and O–H groups in total. The number of alkyl halides is 3. The first-order chi connectivity index (χ1) is 11.4. The molecular formula is C16H16F4N2O2S. The van der Waals surface area contributed by atoms with E-state index in [0.29, 0.717) is 5.56 Å². The second-order valence-corrected chi connectivity index (χ2v) is 7.61. The van der Waals surface area contributed by atoms with E-state index in [1.165, 1.54) is 33.0 Å². The average molecular weight is 376 g/mol. The van der Waals surface area contributed by atoms with E-state index in [1.807, 2.05) is 0 Å². The molecule has 1 aromatic heterocycles. The molecule has 0 aliphatic carbocycles. The number of hydrogen-bond donors (Lipinski definition) is 0. The lowest BCUT2D eigenvalue weighted by Gasteiger charge is -2.25. The van der Waals surface area contributed by atoms with Crippen LogP contribution in [0, 0.1) is 12.7 Å². The number of benzene rings is 1. The number of aromatic nitrogens is 1. The number of sulfonamides is 1. The minimum atomic E-state index is -4.48. The van der Waals surface area contributed by atoms with Crippen molar-refractivity contribution in [2.75, 3.05) is 7.05 Å². The molecule has 0 saturated carbocycles. The van der Waals surface area contributed by atoms with Gasteiger partial charge < -0.3 is 0 Å². The Kier molecular flexibility index (Phi) is 5.19. The van der Waals surface area contributed by atoms with Crippen LogP contribution in [0.3, 0.4) is 0 Å². The van der Waals surface area contributed by atoms with Gasteiger partial charge in [-0.2, -0.15) is 17.5 Å². The van der Waals surface area contributed by atoms with Gasteiger partial charge in [-0.1, -0.05) is 12.1 Å². The van der Waals surface area contributed by atoms with E-state index >= 15 is 0 Å². The standard InChI is InChI=1S/C16H16F4N2O2S/c1-10-6-12(4-5-15(10)16(18,19)20)11(2)22(3)25(23,24)14-7-13(17)8-21-9-14/h4-9,11H,1-3H3/t11-/m0/s1. The van der Waals surface area contributed by atoms with Gasteiger partial charge in [-0.05, 0) is 37.1 Å². The van der Waals surface area contributed by atoms with Gasteiger partial charge >= 0.3 is 6.18 Å². The summed E-state index contributed by atoms with van der Waals surface area (Å²) in [6.07, 6.45) is -2.58. The van der Waals surface area contributed by atoms with Gasteiger partial charge in [0.05, 0.1) is 11.8 Å². The van der Waals surface area contributed by atoms with Crippen LogP contribution in [0.2, 0.25) is 0 Å². The van der Waals surface area contributed by atoms with Gasteiger partial charge in [0, 0.05) is 19.3 Å². The molecule has 0 aliphatic rings. The minimum absolute atomic E-state index is 0.00456. The third kappa shape index (κ3) is 3.98. The summed E-state index contributed by atoms with van der Waals surface area (Å²) in [6.45, 7) is 2.84. The summed E-state index contributed by atoms with van der Waals surface area (Å²) in [5.74, 6) is -0.799. The van der Waals surface area contributed by atoms with Crippen LogP contribution in [0.25, 0.3) is 0 Å². The fourth-order valence-electron chi connectivity index (χ4n) is 2.38. The molecule has 2 aromatic rings. The summed E-state index contributed by atoms with van der Waals surface area (Å²) in [7, 11) is -2.78. The van der Waals surface area contributed by atoms with Gasteiger partial charge in [-0.3, -0.25) is 4.98 Å².